The molecule has 0 aliphatic carbocycles. The molecule has 0 unspecified atom stereocenters. The second-order valence-corrected chi connectivity index (χ2v) is 9.35. The lowest BCUT2D eigenvalue weighted by Gasteiger charge is -2.15. The molecule has 1 amide bonds. The van der Waals surface area contributed by atoms with E-state index in [-0.39, 0.29) is 18.9 Å². The van der Waals surface area contributed by atoms with E-state index >= 15 is 0 Å². The first-order valence-electron chi connectivity index (χ1n) is 11.8. The molecule has 6 nitrogen and oxygen atoms in total. The number of anilines is 1. The van der Waals surface area contributed by atoms with Gasteiger partial charge in [-0.3, -0.25) is 14.2 Å². The zero-order valence-electron chi connectivity index (χ0n) is 20.1. The molecule has 1 N–H and O–H groups in total. The van der Waals surface area contributed by atoms with Gasteiger partial charge in [0, 0.05) is 10.7 Å². The van der Waals surface area contributed by atoms with Crippen molar-refractivity contribution in [3.8, 4) is 5.69 Å². The molecule has 4 aromatic carbocycles. The highest BCUT2D eigenvalue weighted by Crippen LogP contribution is 2.16. The number of fused-ring (bicyclic) bond motifs is 1. The SMILES string of the molecule is Cc1cccc(NC(=O)Cc2ccc(-n3c(=O)c4ccccc4n(Cc4cccc(Cl)c4)c3=O)cc2)c1. The number of hydrogen-bond acceptors (Lipinski definition) is 3. The van der Waals surface area contributed by atoms with Crippen LogP contribution in [0.25, 0.3) is 16.6 Å². The van der Waals surface area contributed by atoms with Crippen molar-refractivity contribution in [3.05, 3.63) is 140 Å². The van der Waals surface area contributed by atoms with Crippen LogP contribution in [0, 0.1) is 6.92 Å². The summed E-state index contributed by atoms with van der Waals surface area (Å²) in [5, 5.41) is 3.90. The maximum Gasteiger partial charge on any atom is 0.336 e. The van der Waals surface area contributed by atoms with Gasteiger partial charge in [-0.25, -0.2) is 9.36 Å². The average Bonchev–Trinajstić information content (AvgIpc) is 2.88. The van der Waals surface area contributed by atoms with Crippen LogP contribution in [0.15, 0.2) is 107 Å². The Hall–Kier alpha value is -4.42. The number of carbonyl (C=O) groups is 1. The molecule has 7 heteroatoms. The van der Waals surface area contributed by atoms with Crippen LogP contribution in [-0.2, 0) is 17.8 Å². The van der Waals surface area contributed by atoms with Crippen LogP contribution in [0.3, 0.4) is 0 Å². The zero-order valence-corrected chi connectivity index (χ0v) is 20.9. The minimum atomic E-state index is -0.450. The second-order valence-electron chi connectivity index (χ2n) is 8.92. The Bertz CT molecular complexity index is 1740. The molecule has 0 fully saturated rings. The summed E-state index contributed by atoms with van der Waals surface area (Å²) >= 11 is 6.15. The smallest absolute Gasteiger partial charge is 0.326 e. The standard InChI is InChI=1S/C30H24ClN3O3/c1-20-6-4-9-24(16-20)32-28(35)18-21-12-14-25(15-13-21)34-29(36)26-10-2-3-11-27(26)33(30(34)37)19-22-7-5-8-23(31)17-22/h2-17H,18-19H2,1H3,(H,32,35). The quantitative estimate of drug-likeness (QED) is 0.335. The molecule has 1 aromatic heterocycles. The minimum absolute atomic E-state index is 0.148. The lowest BCUT2D eigenvalue weighted by atomic mass is 10.1. The first-order valence-corrected chi connectivity index (χ1v) is 12.2. The molecule has 0 spiro atoms. The normalized spacial score (nSPS) is 11.0. The van der Waals surface area contributed by atoms with E-state index in [1.165, 1.54) is 4.57 Å². The topological polar surface area (TPSA) is 73.1 Å². The highest BCUT2D eigenvalue weighted by atomic mass is 35.5. The molecule has 0 bridgehead atoms. The fourth-order valence-electron chi connectivity index (χ4n) is 4.40. The van der Waals surface area contributed by atoms with Crippen LogP contribution < -0.4 is 16.6 Å². The van der Waals surface area contributed by atoms with Crippen LogP contribution in [0.5, 0.6) is 0 Å². The summed E-state index contributed by atoms with van der Waals surface area (Å²) in [6.45, 7) is 2.23. The van der Waals surface area contributed by atoms with Gasteiger partial charge in [0.25, 0.3) is 5.56 Å². The molecule has 5 aromatic rings. The fourth-order valence-corrected chi connectivity index (χ4v) is 4.61. The highest BCUT2D eigenvalue weighted by Gasteiger charge is 2.15. The van der Waals surface area contributed by atoms with Crippen molar-refractivity contribution >= 4 is 34.1 Å². The van der Waals surface area contributed by atoms with Gasteiger partial charge < -0.3 is 5.32 Å². The fraction of sp³-hybridized carbons (Fsp3) is 0.100. The van der Waals surface area contributed by atoms with E-state index in [1.807, 2.05) is 43.3 Å². The minimum Gasteiger partial charge on any atom is -0.326 e. The summed E-state index contributed by atoms with van der Waals surface area (Å²) < 4.78 is 2.75. The van der Waals surface area contributed by atoms with Crippen LogP contribution in [-0.4, -0.2) is 15.0 Å². The third kappa shape index (κ3) is 5.25. The number of carbonyl (C=O) groups excluding carboxylic acids is 1. The van der Waals surface area contributed by atoms with Crippen molar-refractivity contribution in [1.82, 2.24) is 9.13 Å². The van der Waals surface area contributed by atoms with Crippen molar-refractivity contribution in [2.24, 2.45) is 0 Å². The molecule has 0 aliphatic rings. The summed E-state index contributed by atoms with van der Waals surface area (Å²) in [6.07, 6.45) is 0.167. The van der Waals surface area contributed by atoms with Crippen molar-refractivity contribution < 1.29 is 4.79 Å². The van der Waals surface area contributed by atoms with E-state index < -0.39 is 11.2 Å². The number of aromatic nitrogens is 2. The van der Waals surface area contributed by atoms with Gasteiger partial charge in [0.2, 0.25) is 5.91 Å². The van der Waals surface area contributed by atoms with Gasteiger partial charge in [0.05, 0.1) is 29.6 Å². The molecular weight excluding hydrogens is 486 g/mol. The number of rotatable bonds is 6. The Morgan fingerprint density at radius 1 is 0.838 bits per heavy atom. The third-order valence-corrected chi connectivity index (χ3v) is 6.38. The molecule has 5 rings (SSSR count). The van der Waals surface area contributed by atoms with Gasteiger partial charge >= 0.3 is 5.69 Å². The Kier molecular flexibility index (Phi) is 6.75. The number of para-hydroxylation sites is 1. The van der Waals surface area contributed by atoms with Gasteiger partial charge in [0.1, 0.15) is 0 Å². The molecule has 0 saturated heterocycles. The number of aryl methyl sites for hydroxylation is 1. The van der Waals surface area contributed by atoms with E-state index in [0.29, 0.717) is 21.6 Å². The predicted molar refractivity (Wildman–Crippen MR) is 148 cm³/mol. The van der Waals surface area contributed by atoms with Gasteiger partial charge in [0.15, 0.2) is 0 Å². The number of nitrogens with zero attached hydrogens (tertiary/aromatic N) is 2. The third-order valence-electron chi connectivity index (χ3n) is 6.14. The van der Waals surface area contributed by atoms with Gasteiger partial charge in [-0.2, -0.15) is 0 Å². The van der Waals surface area contributed by atoms with Crippen molar-refractivity contribution in [2.45, 2.75) is 19.9 Å². The lowest BCUT2D eigenvalue weighted by Crippen LogP contribution is -2.39. The lowest BCUT2D eigenvalue weighted by molar-refractivity contribution is -0.115. The Morgan fingerprint density at radius 3 is 2.35 bits per heavy atom. The van der Waals surface area contributed by atoms with Gasteiger partial charge in [-0.1, -0.05) is 60.1 Å². The number of nitrogens with one attached hydrogen (secondary N) is 1. The maximum atomic E-state index is 13.6. The average molecular weight is 510 g/mol. The summed E-state index contributed by atoms with van der Waals surface area (Å²) in [4.78, 5) is 39.5. The van der Waals surface area contributed by atoms with Crippen LogP contribution in [0.2, 0.25) is 5.02 Å². The molecule has 0 radical (unpaired) electrons. The van der Waals surface area contributed by atoms with E-state index in [4.69, 9.17) is 11.6 Å². The molecular formula is C30H24ClN3O3. The Balaban J connectivity index is 1.48. The monoisotopic (exact) mass is 509 g/mol. The summed E-state index contributed by atoms with van der Waals surface area (Å²) in [5.74, 6) is -0.148. The van der Waals surface area contributed by atoms with Crippen molar-refractivity contribution in [2.75, 3.05) is 5.32 Å². The first kappa shape index (κ1) is 24.3. The molecule has 1 heterocycles. The molecule has 184 valence electrons. The molecule has 0 saturated carbocycles. The van der Waals surface area contributed by atoms with E-state index in [9.17, 15) is 14.4 Å². The Morgan fingerprint density at radius 2 is 1.59 bits per heavy atom. The van der Waals surface area contributed by atoms with Gasteiger partial charge in [-0.15, -0.1) is 0 Å². The summed E-state index contributed by atoms with van der Waals surface area (Å²) in [5.41, 5.74) is 3.55. The number of hydrogen-bond donors (Lipinski definition) is 1. The summed E-state index contributed by atoms with van der Waals surface area (Å²) in [6, 6.07) is 28.8. The van der Waals surface area contributed by atoms with Gasteiger partial charge in [-0.05, 0) is 72.1 Å². The second kappa shape index (κ2) is 10.3. The van der Waals surface area contributed by atoms with E-state index in [2.05, 4.69) is 5.32 Å². The van der Waals surface area contributed by atoms with Crippen molar-refractivity contribution in [3.63, 3.8) is 0 Å². The Labute approximate surface area is 218 Å². The van der Waals surface area contributed by atoms with Crippen LogP contribution >= 0.6 is 11.6 Å². The largest absolute Gasteiger partial charge is 0.336 e. The molecule has 37 heavy (non-hydrogen) atoms. The predicted octanol–water partition coefficient (Wildman–Crippen LogP) is 5.34. The van der Waals surface area contributed by atoms with E-state index in [0.717, 1.165) is 22.4 Å². The molecule has 0 atom stereocenters. The summed E-state index contributed by atoms with van der Waals surface area (Å²) in [7, 11) is 0. The zero-order chi connectivity index (χ0) is 25.9. The van der Waals surface area contributed by atoms with Crippen LogP contribution in [0.1, 0.15) is 16.7 Å². The van der Waals surface area contributed by atoms with Crippen molar-refractivity contribution in [1.29, 1.82) is 0 Å². The number of amides is 1. The van der Waals surface area contributed by atoms with E-state index in [1.54, 1.807) is 65.2 Å². The van der Waals surface area contributed by atoms with Crippen LogP contribution in [0.4, 0.5) is 5.69 Å². The number of halogens is 1. The maximum absolute atomic E-state index is 13.6. The molecule has 0 aliphatic heterocycles. The highest BCUT2D eigenvalue weighted by molar-refractivity contribution is 6.30. The number of benzene rings is 4. The first-order chi connectivity index (χ1) is 17.9.